The van der Waals surface area contributed by atoms with Crippen molar-refractivity contribution in [2.75, 3.05) is 25.3 Å². The monoisotopic (exact) mass is 376 g/mol. The summed E-state index contributed by atoms with van der Waals surface area (Å²) in [6.07, 6.45) is 6.64. The van der Waals surface area contributed by atoms with Gasteiger partial charge in [0, 0.05) is 24.2 Å². The van der Waals surface area contributed by atoms with E-state index in [1.165, 1.54) is 12.7 Å². The Balaban J connectivity index is 0. The van der Waals surface area contributed by atoms with Gasteiger partial charge in [0.25, 0.3) is 0 Å². The van der Waals surface area contributed by atoms with Crippen molar-refractivity contribution in [3.63, 3.8) is 0 Å². The Bertz CT molecular complexity index is 652. The summed E-state index contributed by atoms with van der Waals surface area (Å²) >= 11 is 0. The Morgan fingerprint density at radius 2 is 1.96 bits per heavy atom. The van der Waals surface area contributed by atoms with Crippen molar-refractivity contribution in [1.82, 2.24) is 0 Å². The number of ether oxygens (including phenoxy) is 1. The Kier molecular flexibility index (Phi) is 15.0. The molecule has 4 N–H and O–H groups in total. The number of methoxy groups -OCH3 is 1. The molecule has 0 amide bonds. The number of esters is 1. The average molecular weight is 376 g/mol. The molecule has 0 spiro atoms. The molecule has 1 unspecified atom stereocenters. The molecule has 0 aliphatic rings. The first kappa shape index (κ1) is 26.4. The molecule has 150 valence electrons. The molecule has 1 aromatic carbocycles. The number of hydrogen-bond donors (Lipinski definition) is 3. The molecular formula is C21H32N2O4. The van der Waals surface area contributed by atoms with Crippen molar-refractivity contribution in [3.8, 4) is 0 Å². The number of allylic oxidation sites excluding steroid dienone is 4. The van der Waals surface area contributed by atoms with Crippen molar-refractivity contribution in [2.24, 2.45) is 5.92 Å². The van der Waals surface area contributed by atoms with Gasteiger partial charge in [-0.1, -0.05) is 32.6 Å². The van der Waals surface area contributed by atoms with E-state index in [1.807, 2.05) is 25.0 Å². The van der Waals surface area contributed by atoms with Crippen LogP contribution in [0.5, 0.6) is 0 Å². The van der Waals surface area contributed by atoms with Crippen molar-refractivity contribution >= 4 is 24.1 Å². The SMILES string of the molecule is C=C/C=C\C(Nc1ccc(N)c(C(=O)OC)c1)=C(/C)C(C)CC.C=O.CO. The van der Waals surface area contributed by atoms with E-state index in [0.717, 1.165) is 24.9 Å². The van der Waals surface area contributed by atoms with E-state index in [2.05, 4.69) is 32.7 Å². The van der Waals surface area contributed by atoms with E-state index in [1.54, 1.807) is 18.2 Å². The fourth-order valence-corrected chi connectivity index (χ4v) is 2.08. The zero-order valence-electron chi connectivity index (χ0n) is 16.9. The van der Waals surface area contributed by atoms with Crippen LogP contribution in [0.4, 0.5) is 11.4 Å². The predicted molar refractivity (Wildman–Crippen MR) is 113 cm³/mol. The smallest absolute Gasteiger partial charge is 0.340 e. The van der Waals surface area contributed by atoms with Gasteiger partial charge in [-0.25, -0.2) is 4.79 Å². The molecule has 0 saturated carbocycles. The molecule has 1 atom stereocenters. The summed E-state index contributed by atoms with van der Waals surface area (Å²) in [5, 5.41) is 10.4. The standard InChI is InChI=1S/C19H26N2O2.CH4O.CH2O/c1-6-8-9-18(14(4)13(3)7-2)21-15-10-11-17(20)16(12-15)19(22)23-5;2*1-2/h6,8-13,21H,1,7,20H2,2-5H3;2H,1H3;1H2/b9-8-,18-14-;;. The van der Waals surface area contributed by atoms with Crippen LogP contribution in [0.2, 0.25) is 0 Å². The number of nitrogen functional groups attached to an aromatic ring is 1. The Hall–Kier alpha value is -2.86. The van der Waals surface area contributed by atoms with Crippen LogP contribution in [-0.2, 0) is 9.53 Å². The summed E-state index contributed by atoms with van der Waals surface area (Å²) in [6, 6.07) is 5.24. The minimum Gasteiger partial charge on any atom is -0.465 e. The van der Waals surface area contributed by atoms with Crippen LogP contribution in [0.25, 0.3) is 0 Å². The number of nitrogens with one attached hydrogen (secondary N) is 1. The van der Waals surface area contributed by atoms with Gasteiger partial charge in [0.2, 0.25) is 0 Å². The number of carbonyl (C=O) groups excluding carboxylic acids is 2. The fourth-order valence-electron chi connectivity index (χ4n) is 2.08. The van der Waals surface area contributed by atoms with Gasteiger partial charge in [0.1, 0.15) is 6.79 Å². The molecule has 0 aliphatic carbocycles. The van der Waals surface area contributed by atoms with Gasteiger partial charge >= 0.3 is 5.97 Å². The van der Waals surface area contributed by atoms with Crippen LogP contribution in [-0.4, -0.2) is 32.1 Å². The minimum absolute atomic E-state index is 0.353. The number of anilines is 2. The second-order valence-electron chi connectivity index (χ2n) is 5.42. The van der Waals surface area contributed by atoms with Crippen molar-refractivity contribution in [3.05, 3.63) is 59.8 Å². The van der Waals surface area contributed by atoms with Crippen molar-refractivity contribution < 1.29 is 19.4 Å². The van der Waals surface area contributed by atoms with E-state index in [4.69, 9.17) is 20.4 Å². The number of hydrogen-bond acceptors (Lipinski definition) is 6. The summed E-state index contributed by atoms with van der Waals surface area (Å²) in [5.41, 5.74) is 9.59. The van der Waals surface area contributed by atoms with Crippen LogP contribution in [0, 0.1) is 5.92 Å². The quantitative estimate of drug-likeness (QED) is 0.378. The normalized spacial score (nSPS) is 11.8. The summed E-state index contributed by atoms with van der Waals surface area (Å²) in [6.45, 7) is 12.1. The van der Waals surface area contributed by atoms with Crippen LogP contribution in [0.15, 0.2) is 54.3 Å². The van der Waals surface area contributed by atoms with Crippen LogP contribution >= 0.6 is 0 Å². The summed E-state index contributed by atoms with van der Waals surface area (Å²) < 4.78 is 4.76. The Morgan fingerprint density at radius 1 is 1.37 bits per heavy atom. The lowest BCUT2D eigenvalue weighted by Gasteiger charge is -2.17. The molecule has 0 aliphatic heterocycles. The number of benzene rings is 1. The molecule has 6 heteroatoms. The van der Waals surface area contributed by atoms with E-state index in [9.17, 15) is 4.79 Å². The Morgan fingerprint density at radius 3 is 2.44 bits per heavy atom. The molecule has 0 aromatic heterocycles. The molecule has 0 bridgehead atoms. The third kappa shape index (κ3) is 8.87. The average Bonchev–Trinajstić information content (AvgIpc) is 2.73. The summed E-state index contributed by atoms with van der Waals surface area (Å²) in [5.74, 6) is -0.00205. The minimum atomic E-state index is -0.447. The number of nitrogens with two attached hydrogens (primary N) is 1. The molecule has 0 heterocycles. The molecule has 6 nitrogen and oxygen atoms in total. The van der Waals surface area contributed by atoms with Gasteiger partial charge < -0.3 is 25.7 Å². The Labute approximate surface area is 162 Å². The fraction of sp³-hybridized carbons (Fsp3) is 0.333. The van der Waals surface area contributed by atoms with Gasteiger partial charge in [0.15, 0.2) is 0 Å². The lowest BCUT2D eigenvalue weighted by atomic mass is 9.97. The van der Waals surface area contributed by atoms with Gasteiger partial charge in [-0.3, -0.25) is 0 Å². The lowest BCUT2D eigenvalue weighted by molar-refractivity contribution is -0.0980. The van der Waals surface area contributed by atoms with Crippen molar-refractivity contribution in [1.29, 1.82) is 0 Å². The largest absolute Gasteiger partial charge is 0.465 e. The highest BCUT2D eigenvalue weighted by Crippen LogP contribution is 2.24. The third-order valence-corrected chi connectivity index (χ3v) is 3.91. The third-order valence-electron chi connectivity index (χ3n) is 3.91. The molecule has 1 aromatic rings. The summed E-state index contributed by atoms with van der Waals surface area (Å²) in [4.78, 5) is 19.8. The van der Waals surface area contributed by atoms with Crippen LogP contribution in [0.3, 0.4) is 0 Å². The maximum atomic E-state index is 11.8. The summed E-state index contributed by atoms with van der Waals surface area (Å²) in [7, 11) is 2.34. The number of rotatable bonds is 7. The van der Waals surface area contributed by atoms with Gasteiger partial charge in [0.05, 0.1) is 12.7 Å². The van der Waals surface area contributed by atoms with E-state index >= 15 is 0 Å². The molecule has 0 saturated heterocycles. The topological polar surface area (TPSA) is 102 Å². The maximum Gasteiger partial charge on any atom is 0.340 e. The number of aliphatic hydroxyl groups excluding tert-OH is 1. The molecule has 1 rings (SSSR count). The van der Waals surface area contributed by atoms with E-state index in [-0.39, 0.29) is 0 Å². The molecule has 0 radical (unpaired) electrons. The number of carbonyl (C=O) groups is 2. The van der Waals surface area contributed by atoms with Gasteiger partial charge in [-0.2, -0.15) is 0 Å². The van der Waals surface area contributed by atoms with Crippen LogP contribution in [0.1, 0.15) is 37.6 Å². The zero-order valence-corrected chi connectivity index (χ0v) is 16.9. The lowest BCUT2D eigenvalue weighted by Crippen LogP contribution is -2.09. The van der Waals surface area contributed by atoms with Crippen LogP contribution < -0.4 is 11.1 Å². The highest BCUT2D eigenvalue weighted by Gasteiger charge is 2.12. The molecule has 27 heavy (non-hydrogen) atoms. The molecular weight excluding hydrogens is 344 g/mol. The first-order chi connectivity index (χ1) is 12.9. The van der Waals surface area contributed by atoms with Crippen molar-refractivity contribution in [2.45, 2.75) is 27.2 Å². The zero-order chi connectivity index (χ0) is 21.4. The maximum absolute atomic E-state index is 11.8. The second-order valence-corrected chi connectivity index (χ2v) is 5.42. The first-order valence-electron chi connectivity index (χ1n) is 8.42. The first-order valence-corrected chi connectivity index (χ1v) is 8.42. The highest BCUT2D eigenvalue weighted by atomic mass is 16.5. The molecule has 0 fully saturated rings. The predicted octanol–water partition coefficient (Wildman–Crippen LogP) is 3.95. The number of aliphatic hydroxyl groups is 1. The highest BCUT2D eigenvalue weighted by molar-refractivity contribution is 5.96. The van der Waals surface area contributed by atoms with Gasteiger partial charge in [-0.05, 0) is 49.1 Å². The van der Waals surface area contributed by atoms with E-state index in [0.29, 0.717) is 17.2 Å². The van der Waals surface area contributed by atoms with Gasteiger partial charge in [-0.15, -0.1) is 0 Å². The second kappa shape index (κ2) is 15.4. The van der Waals surface area contributed by atoms with E-state index < -0.39 is 5.97 Å².